The van der Waals surface area contributed by atoms with E-state index >= 15 is 0 Å². The fourth-order valence-electron chi connectivity index (χ4n) is 1.48. The van der Waals surface area contributed by atoms with Crippen molar-refractivity contribution in [3.63, 3.8) is 0 Å². The van der Waals surface area contributed by atoms with Gasteiger partial charge in [-0.3, -0.25) is 5.10 Å². The standard InChI is InChI=1S/C11H8ClN5O/c12-11-13-4-3-9(15-11)14-10-6-7(16-17-10)8-2-1-5-18-8/h1-6H,(H2,13,14,15,16,17). The minimum absolute atomic E-state index is 0.182. The van der Waals surface area contributed by atoms with E-state index in [-0.39, 0.29) is 5.28 Å². The van der Waals surface area contributed by atoms with Gasteiger partial charge in [-0.1, -0.05) is 0 Å². The van der Waals surface area contributed by atoms with E-state index in [0.29, 0.717) is 11.6 Å². The van der Waals surface area contributed by atoms with Crippen LogP contribution in [-0.4, -0.2) is 20.2 Å². The number of nitrogens with one attached hydrogen (secondary N) is 2. The summed E-state index contributed by atoms with van der Waals surface area (Å²) in [6, 6.07) is 7.17. The lowest BCUT2D eigenvalue weighted by Gasteiger charge is -1.99. The largest absolute Gasteiger partial charge is 0.463 e. The lowest BCUT2D eigenvalue weighted by atomic mass is 10.3. The molecule has 2 N–H and O–H groups in total. The smallest absolute Gasteiger partial charge is 0.224 e. The van der Waals surface area contributed by atoms with Gasteiger partial charge in [0.2, 0.25) is 5.28 Å². The highest BCUT2D eigenvalue weighted by Gasteiger charge is 2.06. The number of anilines is 2. The Morgan fingerprint density at radius 2 is 2.22 bits per heavy atom. The fourth-order valence-corrected chi connectivity index (χ4v) is 1.63. The summed E-state index contributed by atoms with van der Waals surface area (Å²) >= 11 is 5.69. The molecule has 0 fully saturated rings. The molecule has 0 atom stereocenters. The van der Waals surface area contributed by atoms with Gasteiger partial charge >= 0.3 is 0 Å². The predicted molar refractivity (Wildman–Crippen MR) is 66.6 cm³/mol. The third-order valence-corrected chi connectivity index (χ3v) is 2.43. The number of rotatable bonds is 3. The average Bonchev–Trinajstić information content (AvgIpc) is 2.98. The van der Waals surface area contributed by atoms with Crippen LogP contribution in [0.1, 0.15) is 0 Å². The number of furan rings is 1. The number of hydrogen-bond acceptors (Lipinski definition) is 5. The summed E-state index contributed by atoms with van der Waals surface area (Å²) in [5, 5.41) is 10.1. The summed E-state index contributed by atoms with van der Waals surface area (Å²) in [5.41, 5.74) is 0.780. The van der Waals surface area contributed by atoms with Crippen molar-refractivity contribution in [1.82, 2.24) is 20.2 Å². The van der Waals surface area contributed by atoms with E-state index in [1.54, 1.807) is 18.5 Å². The van der Waals surface area contributed by atoms with Crippen LogP contribution in [0.15, 0.2) is 41.1 Å². The number of H-pyrrole nitrogens is 1. The van der Waals surface area contributed by atoms with E-state index in [0.717, 1.165) is 11.5 Å². The SMILES string of the molecule is Clc1nccc(Nc2cc(-c3ccco3)[nH]n2)n1. The average molecular weight is 262 g/mol. The lowest BCUT2D eigenvalue weighted by Crippen LogP contribution is -1.94. The molecule has 0 bridgehead atoms. The second-order valence-corrected chi connectivity index (χ2v) is 3.82. The second kappa shape index (κ2) is 4.50. The molecule has 0 radical (unpaired) electrons. The Bertz CT molecular complexity index is 649. The number of aromatic nitrogens is 4. The normalized spacial score (nSPS) is 10.5. The van der Waals surface area contributed by atoms with Crippen LogP contribution in [0.25, 0.3) is 11.5 Å². The minimum Gasteiger partial charge on any atom is -0.463 e. The molecule has 0 aliphatic heterocycles. The molecule has 3 heterocycles. The first-order chi connectivity index (χ1) is 8.81. The third-order valence-electron chi connectivity index (χ3n) is 2.25. The molecule has 0 spiro atoms. The highest BCUT2D eigenvalue weighted by Crippen LogP contribution is 2.21. The Morgan fingerprint density at radius 3 is 3.00 bits per heavy atom. The third kappa shape index (κ3) is 2.18. The van der Waals surface area contributed by atoms with Crippen molar-refractivity contribution in [1.29, 1.82) is 0 Å². The van der Waals surface area contributed by atoms with Crippen LogP contribution in [-0.2, 0) is 0 Å². The van der Waals surface area contributed by atoms with Crippen molar-refractivity contribution >= 4 is 23.2 Å². The summed E-state index contributed by atoms with van der Waals surface area (Å²) in [6.07, 6.45) is 3.17. The van der Waals surface area contributed by atoms with Gasteiger partial charge in [-0.05, 0) is 29.8 Å². The van der Waals surface area contributed by atoms with E-state index in [1.165, 1.54) is 0 Å². The Balaban J connectivity index is 1.82. The van der Waals surface area contributed by atoms with Crippen LogP contribution in [0.2, 0.25) is 5.28 Å². The molecule has 18 heavy (non-hydrogen) atoms. The molecule has 0 aliphatic rings. The number of hydrogen-bond donors (Lipinski definition) is 2. The van der Waals surface area contributed by atoms with Crippen LogP contribution >= 0.6 is 11.6 Å². The van der Waals surface area contributed by atoms with Gasteiger partial charge < -0.3 is 9.73 Å². The molecular weight excluding hydrogens is 254 g/mol. The van der Waals surface area contributed by atoms with Crippen LogP contribution in [0, 0.1) is 0 Å². The van der Waals surface area contributed by atoms with Crippen molar-refractivity contribution in [2.45, 2.75) is 0 Å². The Hall–Kier alpha value is -2.34. The van der Waals surface area contributed by atoms with Crippen LogP contribution in [0.4, 0.5) is 11.6 Å². The van der Waals surface area contributed by atoms with Crippen molar-refractivity contribution < 1.29 is 4.42 Å². The summed E-state index contributed by atoms with van der Waals surface area (Å²) in [4.78, 5) is 7.80. The first-order valence-electron chi connectivity index (χ1n) is 5.16. The molecule has 3 aromatic rings. The van der Waals surface area contributed by atoms with Gasteiger partial charge in [0.25, 0.3) is 0 Å². The molecule has 0 aromatic carbocycles. The molecule has 3 aromatic heterocycles. The molecule has 7 heteroatoms. The molecule has 0 saturated carbocycles. The maximum atomic E-state index is 5.69. The molecule has 3 rings (SSSR count). The molecule has 6 nitrogen and oxygen atoms in total. The summed E-state index contributed by atoms with van der Waals surface area (Å²) in [6.45, 7) is 0. The van der Waals surface area contributed by atoms with Crippen molar-refractivity contribution in [3.05, 3.63) is 42.0 Å². The van der Waals surface area contributed by atoms with Gasteiger partial charge in [-0.2, -0.15) is 5.10 Å². The van der Waals surface area contributed by atoms with Gasteiger partial charge in [0, 0.05) is 12.3 Å². The van der Waals surface area contributed by atoms with Crippen molar-refractivity contribution in [2.24, 2.45) is 0 Å². The molecule has 0 unspecified atom stereocenters. The second-order valence-electron chi connectivity index (χ2n) is 3.48. The zero-order valence-electron chi connectivity index (χ0n) is 9.09. The van der Waals surface area contributed by atoms with Crippen LogP contribution < -0.4 is 5.32 Å². The summed E-state index contributed by atoms with van der Waals surface area (Å²) in [5.74, 6) is 1.92. The van der Waals surface area contributed by atoms with Gasteiger partial charge in [0.15, 0.2) is 11.6 Å². The minimum atomic E-state index is 0.182. The summed E-state index contributed by atoms with van der Waals surface area (Å²) < 4.78 is 5.26. The zero-order chi connectivity index (χ0) is 12.4. The van der Waals surface area contributed by atoms with Crippen LogP contribution in [0.3, 0.4) is 0 Å². The van der Waals surface area contributed by atoms with Crippen molar-refractivity contribution in [3.8, 4) is 11.5 Å². The Labute approximate surface area is 107 Å². The maximum Gasteiger partial charge on any atom is 0.224 e. The first-order valence-corrected chi connectivity index (χ1v) is 5.54. The zero-order valence-corrected chi connectivity index (χ0v) is 9.85. The predicted octanol–water partition coefficient (Wildman–Crippen LogP) is 2.86. The van der Waals surface area contributed by atoms with E-state index in [4.69, 9.17) is 16.0 Å². The fraction of sp³-hybridized carbons (Fsp3) is 0. The number of nitrogens with zero attached hydrogens (tertiary/aromatic N) is 3. The molecule has 90 valence electrons. The van der Waals surface area contributed by atoms with E-state index in [2.05, 4.69) is 25.5 Å². The quantitative estimate of drug-likeness (QED) is 0.709. The molecular formula is C11H8ClN5O. The monoisotopic (exact) mass is 261 g/mol. The van der Waals surface area contributed by atoms with E-state index < -0.39 is 0 Å². The van der Waals surface area contributed by atoms with E-state index in [9.17, 15) is 0 Å². The highest BCUT2D eigenvalue weighted by molar-refractivity contribution is 6.28. The first kappa shape index (κ1) is 10.8. The van der Waals surface area contributed by atoms with Gasteiger partial charge in [-0.15, -0.1) is 0 Å². The highest BCUT2D eigenvalue weighted by atomic mass is 35.5. The number of halogens is 1. The van der Waals surface area contributed by atoms with Gasteiger partial charge in [-0.25, -0.2) is 9.97 Å². The Morgan fingerprint density at radius 1 is 1.28 bits per heavy atom. The molecule has 0 aliphatic carbocycles. The molecule has 0 amide bonds. The van der Waals surface area contributed by atoms with E-state index in [1.807, 2.05) is 18.2 Å². The Kier molecular flexibility index (Phi) is 2.70. The van der Waals surface area contributed by atoms with Gasteiger partial charge in [0.05, 0.1) is 6.26 Å². The topological polar surface area (TPSA) is 79.6 Å². The molecule has 0 saturated heterocycles. The van der Waals surface area contributed by atoms with Crippen molar-refractivity contribution in [2.75, 3.05) is 5.32 Å². The lowest BCUT2D eigenvalue weighted by molar-refractivity contribution is 0.580. The summed E-state index contributed by atoms with van der Waals surface area (Å²) in [7, 11) is 0. The van der Waals surface area contributed by atoms with Gasteiger partial charge in [0.1, 0.15) is 11.5 Å². The number of aromatic amines is 1. The maximum absolute atomic E-state index is 5.69. The van der Waals surface area contributed by atoms with Crippen LogP contribution in [0.5, 0.6) is 0 Å².